The third-order valence-electron chi connectivity index (χ3n) is 3.25. The average Bonchev–Trinajstić information content (AvgIpc) is 3.01. The molecule has 0 atom stereocenters. The summed E-state index contributed by atoms with van der Waals surface area (Å²) < 4.78 is 12.9. The molecular formula is C15H18N4O3S. The van der Waals surface area contributed by atoms with Gasteiger partial charge in [0.1, 0.15) is 19.5 Å². The predicted molar refractivity (Wildman–Crippen MR) is 87.2 cm³/mol. The second kappa shape index (κ2) is 6.91. The standard InChI is InChI=1S/C15H18N4O3S/c1-10(2)19-9-16-18-15(19)23-8-14(20)17-11-3-4-12-13(7-11)22-6-5-21-12/h3-4,7,9-10H,5-6,8H2,1-2H3,(H,17,20). The van der Waals surface area contributed by atoms with Gasteiger partial charge in [0.2, 0.25) is 5.91 Å². The number of nitrogens with zero attached hydrogens (tertiary/aromatic N) is 3. The van der Waals surface area contributed by atoms with Gasteiger partial charge in [0, 0.05) is 17.8 Å². The summed E-state index contributed by atoms with van der Waals surface area (Å²) in [7, 11) is 0. The Bertz CT molecular complexity index is 702. The van der Waals surface area contributed by atoms with Crippen molar-refractivity contribution in [1.29, 1.82) is 0 Å². The molecule has 8 heteroatoms. The fourth-order valence-electron chi connectivity index (χ4n) is 2.14. The van der Waals surface area contributed by atoms with Crippen LogP contribution in [0.3, 0.4) is 0 Å². The Kier molecular flexibility index (Phi) is 4.71. The molecular weight excluding hydrogens is 316 g/mol. The smallest absolute Gasteiger partial charge is 0.234 e. The molecule has 0 fully saturated rings. The third-order valence-corrected chi connectivity index (χ3v) is 4.21. The van der Waals surface area contributed by atoms with E-state index in [9.17, 15) is 4.79 Å². The highest BCUT2D eigenvalue weighted by atomic mass is 32.2. The number of rotatable bonds is 5. The van der Waals surface area contributed by atoms with Gasteiger partial charge in [-0.3, -0.25) is 4.79 Å². The number of benzene rings is 1. The Hall–Kier alpha value is -2.22. The van der Waals surface area contributed by atoms with Gasteiger partial charge in [-0.1, -0.05) is 11.8 Å². The molecule has 1 aliphatic heterocycles. The SMILES string of the molecule is CC(C)n1cnnc1SCC(=O)Nc1ccc2c(c1)OCCO2. The van der Waals surface area contributed by atoms with Crippen LogP contribution in [0.1, 0.15) is 19.9 Å². The first kappa shape index (κ1) is 15.7. The summed E-state index contributed by atoms with van der Waals surface area (Å²) in [5.41, 5.74) is 0.685. The van der Waals surface area contributed by atoms with Gasteiger partial charge in [0.15, 0.2) is 16.7 Å². The van der Waals surface area contributed by atoms with Crippen LogP contribution in [-0.4, -0.2) is 39.6 Å². The largest absolute Gasteiger partial charge is 0.486 e. The average molecular weight is 334 g/mol. The number of ether oxygens (including phenoxy) is 2. The number of thioether (sulfide) groups is 1. The lowest BCUT2D eigenvalue weighted by atomic mass is 10.2. The van der Waals surface area contributed by atoms with Crippen LogP contribution in [0.25, 0.3) is 0 Å². The normalized spacial score (nSPS) is 13.2. The van der Waals surface area contributed by atoms with Crippen LogP contribution in [0, 0.1) is 0 Å². The first-order chi connectivity index (χ1) is 11.1. The van der Waals surface area contributed by atoms with E-state index >= 15 is 0 Å². The van der Waals surface area contributed by atoms with Crippen molar-refractivity contribution in [3.05, 3.63) is 24.5 Å². The van der Waals surface area contributed by atoms with Crippen molar-refractivity contribution < 1.29 is 14.3 Å². The van der Waals surface area contributed by atoms with Crippen molar-refractivity contribution in [2.24, 2.45) is 0 Å². The maximum atomic E-state index is 12.1. The maximum absolute atomic E-state index is 12.1. The summed E-state index contributed by atoms with van der Waals surface area (Å²) >= 11 is 1.36. The first-order valence-corrected chi connectivity index (χ1v) is 8.34. The zero-order valence-corrected chi connectivity index (χ0v) is 13.8. The molecule has 1 aliphatic rings. The Morgan fingerprint density at radius 1 is 1.35 bits per heavy atom. The molecule has 2 aromatic rings. The van der Waals surface area contributed by atoms with Crippen molar-refractivity contribution in [3.63, 3.8) is 0 Å². The summed E-state index contributed by atoms with van der Waals surface area (Å²) in [5, 5.41) is 11.5. The molecule has 0 saturated heterocycles. The number of carbonyl (C=O) groups excluding carboxylic acids is 1. The fraction of sp³-hybridized carbons (Fsp3) is 0.400. The van der Waals surface area contributed by atoms with Crippen LogP contribution < -0.4 is 14.8 Å². The van der Waals surface area contributed by atoms with Gasteiger partial charge < -0.3 is 19.4 Å². The van der Waals surface area contributed by atoms with Crippen LogP contribution >= 0.6 is 11.8 Å². The van der Waals surface area contributed by atoms with Gasteiger partial charge in [-0.2, -0.15) is 0 Å². The number of hydrogen-bond acceptors (Lipinski definition) is 6. The minimum Gasteiger partial charge on any atom is -0.486 e. The molecule has 0 radical (unpaired) electrons. The lowest BCUT2D eigenvalue weighted by molar-refractivity contribution is -0.113. The van der Waals surface area contributed by atoms with Gasteiger partial charge in [-0.15, -0.1) is 10.2 Å². The lowest BCUT2D eigenvalue weighted by Gasteiger charge is -2.19. The van der Waals surface area contributed by atoms with Crippen LogP contribution in [0.5, 0.6) is 11.5 Å². The van der Waals surface area contributed by atoms with E-state index in [0.29, 0.717) is 30.4 Å². The minimum absolute atomic E-state index is 0.106. The molecule has 1 aromatic carbocycles. The second-order valence-electron chi connectivity index (χ2n) is 5.31. The zero-order valence-electron chi connectivity index (χ0n) is 13.0. The molecule has 1 aromatic heterocycles. The zero-order chi connectivity index (χ0) is 16.2. The van der Waals surface area contributed by atoms with Crippen LogP contribution in [0.15, 0.2) is 29.7 Å². The predicted octanol–water partition coefficient (Wildman–Crippen LogP) is 2.36. The number of anilines is 1. The number of amides is 1. The second-order valence-corrected chi connectivity index (χ2v) is 6.25. The molecule has 7 nitrogen and oxygen atoms in total. The highest BCUT2D eigenvalue weighted by Gasteiger charge is 2.14. The Balaban J connectivity index is 1.58. The highest BCUT2D eigenvalue weighted by Crippen LogP contribution is 2.32. The van der Waals surface area contributed by atoms with E-state index in [1.807, 2.05) is 18.4 Å². The van der Waals surface area contributed by atoms with E-state index in [4.69, 9.17) is 9.47 Å². The molecule has 1 amide bonds. The van der Waals surface area contributed by atoms with E-state index in [-0.39, 0.29) is 17.7 Å². The molecule has 0 aliphatic carbocycles. The molecule has 3 rings (SSSR count). The Labute approximate surface area is 138 Å². The Morgan fingerprint density at radius 3 is 2.91 bits per heavy atom. The van der Waals surface area contributed by atoms with Crippen LogP contribution in [-0.2, 0) is 4.79 Å². The number of hydrogen-bond donors (Lipinski definition) is 1. The van der Waals surface area contributed by atoms with Crippen molar-refractivity contribution in [3.8, 4) is 11.5 Å². The highest BCUT2D eigenvalue weighted by molar-refractivity contribution is 7.99. The van der Waals surface area contributed by atoms with E-state index in [0.717, 1.165) is 5.16 Å². The van der Waals surface area contributed by atoms with Crippen LogP contribution in [0.4, 0.5) is 5.69 Å². The van der Waals surface area contributed by atoms with Gasteiger partial charge >= 0.3 is 0 Å². The van der Waals surface area contributed by atoms with Crippen molar-refractivity contribution >= 4 is 23.4 Å². The van der Waals surface area contributed by atoms with Crippen LogP contribution in [0.2, 0.25) is 0 Å². The summed E-state index contributed by atoms with van der Waals surface area (Å²) in [6.45, 7) is 5.16. The number of carbonyl (C=O) groups is 1. The number of nitrogens with one attached hydrogen (secondary N) is 1. The molecule has 0 spiro atoms. The third kappa shape index (κ3) is 3.76. The molecule has 23 heavy (non-hydrogen) atoms. The summed E-state index contributed by atoms with van der Waals surface area (Å²) in [4.78, 5) is 12.1. The van der Waals surface area contributed by atoms with Crippen molar-refractivity contribution in [1.82, 2.24) is 14.8 Å². The fourth-order valence-corrected chi connectivity index (χ4v) is 2.98. The molecule has 2 heterocycles. The van der Waals surface area contributed by atoms with Gasteiger partial charge in [-0.05, 0) is 26.0 Å². The van der Waals surface area contributed by atoms with Gasteiger partial charge in [0.25, 0.3) is 0 Å². The monoisotopic (exact) mass is 334 g/mol. The summed E-state index contributed by atoms with van der Waals surface area (Å²) in [6, 6.07) is 5.63. The maximum Gasteiger partial charge on any atom is 0.234 e. The van der Waals surface area contributed by atoms with Gasteiger partial charge in [0.05, 0.1) is 5.75 Å². The van der Waals surface area contributed by atoms with Gasteiger partial charge in [-0.25, -0.2) is 0 Å². The lowest BCUT2D eigenvalue weighted by Crippen LogP contribution is -2.17. The summed E-state index contributed by atoms with van der Waals surface area (Å²) in [6.07, 6.45) is 1.67. The molecule has 0 saturated carbocycles. The quantitative estimate of drug-likeness (QED) is 0.846. The van der Waals surface area contributed by atoms with E-state index in [1.54, 1.807) is 24.5 Å². The number of fused-ring (bicyclic) bond motifs is 1. The molecule has 0 unspecified atom stereocenters. The van der Waals surface area contributed by atoms with E-state index in [1.165, 1.54) is 11.8 Å². The Morgan fingerprint density at radius 2 is 2.13 bits per heavy atom. The molecule has 0 bridgehead atoms. The topological polar surface area (TPSA) is 78.3 Å². The number of aromatic nitrogens is 3. The molecule has 122 valence electrons. The van der Waals surface area contributed by atoms with E-state index in [2.05, 4.69) is 15.5 Å². The molecule has 1 N–H and O–H groups in total. The summed E-state index contributed by atoms with van der Waals surface area (Å²) in [5.74, 6) is 1.51. The minimum atomic E-state index is -0.106. The van der Waals surface area contributed by atoms with Crippen molar-refractivity contribution in [2.45, 2.75) is 25.0 Å². The van der Waals surface area contributed by atoms with E-state index < -0.39 is 0 Å². The van der Waals surface area contributed by atoms with Crippen molar-refractivity contribution in [2.75, 3.05) is 24.3 Å². The first-order valence-electron chi connectivity index (χ1n) is 7.35.